The number of aromatic nitrogens is 2. The van der Waals surface area contributed by atoms with E-state index in [1.165, 1.54) is 18.2 Å². The van der Waals surface area contributed by atoms with Crippen molar-refractivity contribution in [3.63, 3.8) is 0 Å². The number of nitrogens with zero attached hydrogens (tertiary/aromatic N) is 2. The van der Waals surface area contributed by atoms with Crippen LogP contribution in [-0.4, -0.2) is 20.9 Å². The van der Waals surface area contributed by atoms with Crippen LogP contribution >= 0.6 is 23.2 Å². The van der Waals surface area contributed by atoms with Crippen LogP contribution in [0.25, 0.3) is 0 Å². The molecule has 0 bridgehead atoms. The van der Waals surface area contributed by atoms with E-state index in [1.54, 1.807) is 0 Å². The fourth-order valence-electron chi connectivity index (χ4n) is 1.67. The molecule has 0 atom stereocenters. The second-order valence-electron chi connectivity index (χ2n) is 4.13. The van der Waals surface area contributed by atoms with E-state index in [-0.39, 0.29) is 15.8 Å². The van der Waals surface area contributed by atoms with E-state index in [2.05, 4.69) is 5.10 Å². The summed E-state index contributed by atoms with van der Waals surface area (Å²) in [6.07, 6.45) is -4.93. The van der Waals surface area contributed by atoms with Crippen molar-refractivity contribution >= 4 is 29.2 Å². The van der Waals surface area contributed by atoms with Crippen LogP contribution in [0.5, 0.6) is 11.6 Å². The average Bonchev–Trinajstić information content (AvgIpc) is 2.71. The molecule has 0 unspecified atom stereocenters. The van der Waals surface area contributed by atoms with Crippen molar-refractivity contribution in [2.45, 2.75) is 6.18 Å². The zero-order chi connectivity index (χ0) is 16.7. The summed E-state index contributed by atoms with van der Waals surface area (Å²) in [5, 5.41) is 12.5. The molecule has 0 aliphatic heterocycles. The van der Waals surface area contributed by atoms with Crippen molar-refractivity contribution in [2.75, 3.05) is 0 Å². The Morgan fingerprint density at radius 1 is 1.32 bits per heavy atom. The zero-order valence-electron chi connectivity index (χ0n) is 10.8. The lowest BCUT2D eigenvalue weighted by Crippen LogP contribution is -2.12. The van der Waals surface area contributed by atoms with Crippen molar-refractivity contribution in [3.05, 3.63) is 39.5 Å². The van der Waals surface area contributed by atoms with Gasteiger partial charge in [-0.25, -0.2) is 9.48 Å². The Hall–Kier alpha value is -1.93. The molecule has 10 heteroatoms. The lowest BCUT2D eigenvalue weighted by molar-refractivity contribution is -0.141. The Morgan fingerprint density at radius 3 is 2.45 bits per heavy atom. The fourth-order valence-corrected chi connectivity index (χ4v) is 1.96. The first-order valence-electron chi connectivity index (χ1n) is 5.61. The number of hydrogen-bond donors (Lipinski definition) is 1. The van der Waals surface area contributed by atoms with E-state index in [0.29, 0.717) is 4.68 Å². The van der Waals surface area contributed by atoms with Crippen LogP contribution in [0.2, 0.25) is 10.0 Å². The molecule has 0 aliphatic rings. The van der Waals surface area contributed by atoms with Crippen LogP contribution in [0.3, 0.4) is 0 Å². The van der Waals surface area contributed by atoms with Gasteiger partial charge in [0.05, 0.1) is 10.0 Å². The minimum atomic E-state index is -4.93. The topological polar surface area (TPSA) is 64.4 Å². The quantitative estimate of drug-likeness (QED) is 0.895. The molecule has 1 aromatic carbocycles. The first-order valence-corrected chi connectivity index (χ1v) is 6.37. The van der Waals surface area contributed by atoms with Gasteiger partial charge in [0.15, 0.2) is 11.3 Å². The fraction of sp³-hybridized carbons (Fsp3) is 0.167. The van der Waals surface area contributed by atoms with Crippen molar-refractivity contribution < 1.29 is 27.8 Å². The summed E-state index contributed by atoms with van der Waals surface area (Å²) in [5.41, 5.74) is -2.63. The van der Waals surface area contributed by atoms with Gasteiger partial charge in [-0.3, -0.25) is 0 Å². The normalized spacial score (nSPS) is 11.5. The van der Waals surface area contributed by atoms with Crippen molar-refractivity contribution in [2.24, 2.45) is 7.05 Å². The van der Waals surface area contributed by atoms with Crippen LogP contribution in [0.4, 0.5) is 13.2 Å². The third-order valence-electron chi connectivity index (χ3n) is 2.58. The Balaban J connectivity index is 2.53. The second kappa shape index (κ2) is 5.69. The molecule has 0 aliphatic carbocycles. The molecular formula is C12H7Cl2F3N2O3. The summed E-state index contributed by atoms with van der Waals surface area (Å²) < 4.78 is 44.4. The number of rotatable bonds is 3. The molecule has 0 saturated heterocycles. The summed E-state index contributed by atoms with van der Waals surface area (Å²) in [7, 11) is 1.13. The van der Waals surface area contributed by atoms with E-state index in [9.17, 15) is 18.0 Å². The van der Waals surface area contributed by atoms with Crippen LogP contribution in [-0.2, 0) is 13.2 Å². The SMILES string of the molecule is Cn1nc(C(F)(F)F)c(C(=O)O)c1Oc1ccc(Cl)c(Cl)c1. The highest BCUT2D eigenvalue weighted by atomic mass is 35.5. The highest BCUT2D eigenvalue weighted by molar-refractivity contribution is 6.42. The second-order valence-corrected chi connectivity index (χ2v) is 4.95. The van der Waals surface area contributed by atoms with Crippen molar-refractivity contribution in [1.29, 1.82) is 0 Å². The van der Waals surface area contributed by atoms with Crippen molar-refractivity contribution in [1.82, 2.24) is 9.78 Å². The van der Waals surface area contributed by atoms with Gasteiger partial charge < -0.3 is 9.84 Å². The van der Waals surface area contributed by atoms with Gasteiger partial charge in [-0.05, 0) is 12.1 Å². The van der Waals surface area contributed by atoms with E-state index < -0.39 is 29.3 Å². The van der Waals surface area contributed by atoms with E-state index in [1.807, 2.05) is 0 Å². The number of aryl methyl sites for hydroxylation is 1. The van der Waals surface area contributed by atoms with Gasteiger partial charge in [-0.1, -0.05) is 23.2 Å². The molecule has 1 N–H and O–H groups in total. The maximum atomic E-state index is 12.8. The zero-order valence-corrected chi connectivity index (χ0v) is 12.3. The number of aromatic carboxylic acids is 1. The third kappa shape index (κ3) is 3.12. The maximum absolute atomic E-state index is 12.8. The highest BCUT2D eigenvalue weighted by Crippen LogP contribution is 2.37. The first kappa shape index (κ1) is 16.4. The molecule has 0 amide bonds. The number of hydrogen-bond acceptors (Lipinski definition) is 3. The summed E-state index contributed by atoms with van der Waals surface area (Å²) in [5.74, 6) is -2.36. The molecule has 1 aromatic heterocycles. The third-order valence-corrected chi connectivity index (χ3v) is 3.32. The van der Waals surface area contributed by atoms with Crippen LogP contribution in [0.15, 0.2) is 18.2 Å². The standard InChI is InChI=1S/C12H7Cl2F3N2O3/c1-19-10(22-5-2-3-6(13)7(14)4-5)8(11(20)21)9(18-19)12(15,16)17/h2-4H,1H3,(H,20,21). The number of benzene rings is 1. The summed E-state index contributed by atoms with van der Waals surface area (Å²) in [6, 6.07) is 3.94. The Bertz CT molecular complexity index is 744. The van der Waals surface area contributed by atoms with Gasteiger partial charge in [0, 0.05) is 13.1 Å². The smallest absolute Gasteiger partial charge is 0.436 e. The van der Waals surface area contributed by atoms with Gasteiger partial charge in [0.2, 0.25) is 5.88 Å². The Kier molecular flexibility index (Phi) is 4.25. The van der Waals surface area contributed by atoms with Gasteiger partial charge >= 0.3 is 12.1 Å². The van der Waals surface area contributed by atoms with E-state index >= 15 is 0 Å². The molecule has 2 aromatic rings. The predicted molar refractivity (Wildman–Crippen MR) is 71.7 cm³/mol. The minimum absolute atomic E-state index is 0.0219. The molecule has 0 spiro atoms. The highest BCUT2D eigenvalue weighted by Gasteiger charge is 2.42. The minimum Gasteiger partial charge on any atom is -0.477 e. The monoisotopic (exact) mass is 354 g/mol. The Labute approximate surface area is 131 Å². The number of carboxylic acids is 1. The number of carboxylic acid groups (broad SMARTS) is 1. The molecule has 5 nitrogen and oxygen atoms in total. The maximum Gasteiger partial charge on any atom is 0.436 e. The Morgan fingerprint density at radius 2 is 1.95 bits per heavy atom. The van der Waals surface area contributed by atoms with Crippen molar-refractivity contribution in [3.8, 4) is 11.6 Å². The first-order chi connectivity index (χ1) is 10.1. The van der Waals surface area contributed by atoms with Crippen LogP contribution in [0.1, 0.15) is 16.1 Å². The number of alkyl halides is 3. The summed E-state index contributed by atoms with van der Waals surface area (Å²) in [4.78, 5) is 11.1. The number of ether oxygens (including phenoxy) is 1. The number of carbonyl (C=O) groups is 1. The predicted octanol–water partition coefficient (Wildman–Crippen LogP) is 4.24. The van der Waals surface area contributed by atoms with Crippen LogP contribution < -0.4 is 4.74 Å². The largest absolute Gasteiger partial charge is 0.477 e. The van der Waals surface area contributed by atoms with E-state index in [4.69, 9.17) is 33.0 Å². The van der Waals surface area contributed by atoms with Gasteiger partial charge in [0.1, 0.15) is 5.75 Å². The van der Waals surface area contributed by atoms with Gasteiger partial charge in [0.25, 0.3) is 0 Å². The molecule has 0 saturated carbocycles. The van der Waals surface area contributed by atoms with E-state index in [0.717, 1.165) is 7.05 Å². The molecular weight excluding hydrogens is 348 g/mol. The summed E-state index contributed by atoms with van der Waals surface area (Å²) >= 11 is 11.5. The lowest BCUT2D eigenvalue weighted by atomic mass is 10.2. The molecule has 22 heavy (non-hydrogen) atoms. The molecule has 0 fully saturated rings. The molecule has 0 radical (unpaired) electrons. The van der Waals surface area contributed by atoms with Gasteiger partial charge in [-0.15, -0.1) is 0 Å². The molecule has 1 heterocycles. The lowest BCUT2D eigenvalue weighted by Gasteiger charge is -2.08. The number of halogens is 5. The molecule has 2 rings (SSSR count). The average molecular weight is 355 g/mol. The summed E-state index contributed by atoms with van der Waals surface area (Å²) in [6.45, 7) is 0. The van der Waals surface area contributed by atoms with Gasteiger partial charge in [-0.2, -0.15) is 18.3 Å². The molecule has 118 valence electrons. The van der Waals surface area contributed by atoms with Crippen LogP contribution in [0, 0.1) is 0 Å².